The van der Waals surface area contributed by atoms with Crippen molar-refractivity contribution in [3.63, 3.8) is 0 Å². The van der Waals surface area contributed by atoms with Crippen molar-refractivity contribution in [2.45, 2.75) is 25.1 Å². The van der Waals surface area contributed by atoms with Gasteiger partial charge in [-0.25, -0.2) is 19.9 Å². The molecule has 0 spiro atoms. The lowest BCUT2D eigenvalue weighted by Crippen LogP contribution is -2.42. The van der Waals surface area contributed by atoms with E-state index in [1.54, 1.807) is 0 Å². The van der Waals surface area contributed by atoms with Crippen molar-refractivity contribution in [1.29, 1.82) is 0 Å². The summed E-state index contributed by atoms with van der Waals surface area (Å²) in [6.07, 6.45) is 0.549. The zero-order valence-electron chi connectivity index (χ0n) is 11.5. The molecular formula is C13H13F3N6. The Morgan fingerprint density at radius 2 is 1.91 bits per heavy atom. The number of anilines is 2. The van der Waals surface area contributed by atoms with Crippen LogP contribution in [0.1, 0.15) is 12.8 Å². The zero-order valence-corrected chi connectivity index (χ0v) is 11.5. The molecule has 0 aliphatic carbocycles. The number of aromatic nitrogens is 4. The summed E-state index contributed by atoms with van der Waals surface area (Å²) in [7, 11) is 0. The molecule has 1 atom stereocenters. The van der Waals surface area contributed by atoms with Crippen LogP contribution in [0.2, 0.25) is 0 Å². The monoisotopic (exact) mass is 310 g/mol. The molecule has 3 heterocycles. The maximum Gasteiger partial charge on any atom is 0.408 e. The predicted octanol–water partition coefficient (Wildman–Crippen LogP) is 2.05. The van der Waals surface area contributed by atoms with Crippen molar-refractivity contribution in [3.05, 3.63) is 24.7 Å². The first-order valence-electron chi connectivity index (χ1n) is 6.69. The first-order chi connectivity index (χ1) is 10.4. The lowest BCUT2D eigenvalue weighted by Gasteiger charge is -2.26. The standard InChI is InChI=1S/C13H13F3N6/c14-13(15,16)9-2-1-5-22(9)12-19-6-8(7-20-12)11-18-4-3-10(17)21-11/h3-4,6-7,9H,1-2,5H2,(H2,17,18,21)/t9-/m0/s1. The molecule has 1 fully saturated rings. The van der Waals surface area contributed by atoms with Crippen LogP contribution in [0.4, 0.5) is 24.9 Å². The minimum Gasteiger partial charge on any atom is -0.384 e. The summed E-state index contributed by atoms with van der Waals surface area (Å²) in [5.74, 6) is 0.693. The van der Waals surface area contributed by atoms with E-state index in [9.17, 15) is 13.2 Å². The smallest absolute Gasteiger partial charge is 0.384 e. The van der Waals surface area contributed by atoms with E-state index in [4.69, 9.17) is 5.73 Å². The Morgan fingerprint density at radius 3 is 2.55 bits per heavy atom. The van der Waals surface area contributed by atoms with Crippen LogP contribution in [-0.4, -0.2) is 38.7 Å². The SMILES string of the molecule is Nc1ccnc(-c2cnc(N3CCC[C@H]3C(F)(F)F)nc2)n1. The largest absolute Gasteiger partial charge is 0.408 e. The molecule has 2 aromatic rings. The quantitative estimate of drug-likeness (QED) is 0.914. The third-order valence-corrected chi connectivity index (χ3v) is 3.46. The number of nitrogen functional groups attached to an aromatic ring is 1. The van der Waals surface area contributed by atoms with E-state index in [0.717, 1.165) is 0 Å². The van der Waals surface area contributed by atoms with Gasteiger partial charge in [0.1, 0.15) is 11.9 Å². The summed E-state index contributed by atoms with van der Waals surface area (Å²) < 4.78 is 38.9. The summed E-state index contributed by atoms with van der Waals surface area (Å²) >= 11 is 0. The molecule has 0 aromatic carbocycles. The molecule has 2 N–H and O–H groups in total. The summed E-state index contributed by atoms with van der Waals surface area (Å²) in [5, 5.41) is 0. The van der Waals surface area contributed by atoms with Crippen molar-refractivity contribution < 1.29 is 13.2 Å². The predicted molar refractivity (Wildman–Crippen MR) is 73.9 cm³/mol. The Kier molecular flexibility index (Phi) is 3.55. The van der Waals surface area contributed by atoms with Crippen LogP contribution in [-0.2, 0) is 0 Å². The lowest BCUT2D eigenvalue weighted by atomic mass is 10.2. The normalized spacial score (nSPS) is 18.7. The number of alkyl halides is 3. The maximum absolute atomic E-state index is 13.0. The number of rotatable bonds is 2. The first kappa shape index (κ1) is 14.5. The minimum absolute atomic E-state index is 0.0624. The molecule has 116 valence electrons. The molecule has 22 heavy (non-hydrogen) atoms. The second-order valence-electron chi connectivity index (χ2n) is 4.97. The van der Waals surface area contributed by atoms with Gasteiger partial charge in [0.05, 0.1) is 5.56 Å². The molecule has 0 saturated carbocycles. The Balaban J connectivity index is 1.85. The average Bonchev–Trinajstić information content (AvgIpc) is 2.97. The van der Waals surface area contributed by atoms with Crippen LogP contribution >= 0.6 is 0 Å². The van der Waals surface area contributed by atoms with Gasteiger partial charge in [-0.1, -0.05) is 0 Å². The van der Waals surface area contributed by atoms with Crippen molar-refractivity contribution in [2.24, 2.45) is 0 Å². The molecule has 2 aromatic heterocycles. The molecule has 0 radical (unpaired) electrons. The van der Waals surface area contributed by atoms with Crippen LogP contribution < -0.4 is 10.6 Å². The van der Waals surface area contributed by atoms with Crippen LogP contribution in [0.25, 0.3) is 11.4 Å². The molecule has 1 aliphatic rings. The van der Waals surface area contributed by atoms with E-state index in [1.165, 1.54) is 29.6 Å². The summed E-state index contributed by atoms with van der Waals surface area (Å²) in [6, 6.07) is 0.0126. The maximum atomic E-state index is 13.0. The second-order valence-corrected chi connectivity index (χ2v) is 4.97. The molecule has 0 bridgehead atoms. The number of hydrogen-bond donors (Lipinski definition) is 1. The lowest BCUT2D eigenvalue weighted by molar-refractivity contribution is -0.146. The van der Waals surface area contributed by atoms with Gasteiger partial charge in [-0.2, -0.15) is 13.2 Å². The number of nitrogens with zero attached hydrogens (tertiary/aromatic N) is 5. The molecule has 0 unspecified atom stereocenters. The first-order valence-corrected chi connectivity index (χ1v) is 6.69. The topological polar surface area (TPSA) is 80.8 Å². The Morgan fingerprint density at radius 1 is 1.18 bits per heavy atom. The Labute approximate surface area is 124 Å². The van der Waals surface area contributed by atoms with Gasteiger partial charge in [0.15, 0.2) is 5.82 Å². The van der Waals surface area contributed by atoms with Crippen molar-refractivity contribution in [3.8, 4) is 11.4 Å². The van der Waals surface area contributed by atoms with Gasteiger partial charge < -0.3 is 10.6 Å². The third kappa shape index (κ3) is 2.78. The van der Waals surface area contributed by atoms with Gasteiger partial charge in [-0.3, -0.25) is 0 Å². The average molecular weight is 310 g/mol. The number of nitrogens with two attached hydrogens (primary N) is 1. The highest BCUT2D eigenvalue weighted by Crippen LogP contribution is 2.34. The highest BCUT2D eigenvalue weighted by atomic mass is 19.4. The van der Waals surface area contributed by atoms with E-state index in [-0.39, 0.29) is 18.9 Å². The van der Waals surface area contributed by atoms with Gasteiger partial charge in [-0.05, 0) is 18.9 Å². The molecule has 6 nitrogen and oxygen atoms in total. The van der Waals surface area contributed by atoms with Gasteiger partial charge in [0, 0.05) is 25.1 Å². The third-order valence-electron chi connectivity index (χ3n) is 3.46. The van der Waals surface area contributed by atoms with E-state index < -0.39 is 12.2 Å². The van der Waals surface area contributed by atoms with E-state index in [2.05, 4.69) is 19.9 Å². The van der Waals surface area contributed by atoms with Gasteiger partial charge in [-0.15, -0.1) is 0 Å². The summed E-state index contributed by atoms with van der Waals surface area (Å²) in [4.78, 5) is 17.3. The molecule has 1 saturated heterocycles. The van der Waals surface area contributed by atoms with Gasteiger partial charge in [0.25, 0.3) is 0 Å². The van der Waals surface area contributed by atoms with Crippen LogP contribution in [0.3, 0.4) is 0 Å². The van der Waals surface area contributed by atoms with Gasteiger partial charge >= 0.3 is 6.18 Å². The summed E-state index contributed by atoms with van der Waals surface area (Å²) in [5.41, 5.74) is 6.07. The van der Waals surface area contributed by atoms with Crippen LogP contribution in [0, 0.1) is 0 Å². The fourth-order valence-corrected chi connectivity index (χ4v) is 2.44. The summed E-state index contributed by atoms with van der Waals surface area (Å²) in [6.45, 7) is 0.290. The van der Waals surface area contributed by atoms with Crippen molar-refractivity contribution in [2.75, 3.05) is 17.2 Å². The van der Waals surface area contributed by atoms with E-state index >= 15 is 0 Å². The Bertz CT molecular complexity index is 658. The zero-order chi connectivity index (χ0) is 15.7. The number of hydrogen-bond acceptors (Lipinski definition) is 6. The molecular weight excluding hydrogens is 297 g/mol. The number of halogens is 3. The molecule has 3 rings (SSSR count). The molecule has 9 heteroatoms. The van der Waals surface area contributed by atoms with E-state index in [0.29, 0.717) is 23.6 Å². The highest BCUT2D eigenvalue weighted by molar-refractivity contribution is 5.55. The van der Waals surface area contributed by atoms with Gasteiger partial charge in [0.2, 0.25) is 5.95 Å². The fraction of sp³-hybridized carbons (Fsp3) is 0.385. The van der Waals surface area contributed by atoms with E-state index in [1.807, 2.05) is 0 Å². The van der Waals surface area contributed by atoms with Crippen molar-refractivity contribution >= 4 is 11.8 Å². The van der Waals surface area contributed by atoms with Crippen LogP contribution in [0.5, 0.6) is 0 Å². The Hall–Kier alpha value is -2.45. The highest BCUT2D eigenvalue weighted by Gasteiger charge is 2.46. The fourth-order valence-electron chi connectivity index (χ4n) is 2.44. The van der Waals surface area contributed by atoms with Crippen LogP contribution in [0.15, 0.2) is 24.7 Å². The minimum atomic E-state index is -4.28. The molecule has 0 amide bonds. The second kappa shape index (κ2) is 5.39. The van der Waals surface area contributed by atoms with Crippen molar-refractivity contribution in [1.82, 2.24) is 19.9 Å². The molecule has 1 aliphatic heterocycles.